The smallest absolute Gasteiger partial charge is 0.312 e. The van der Waals surface area contributed by atoms with Crippen LogP contribution in [0.1, 0.15) is 24.6 Å². The first kappa shape index (κ1) is 20.3. The Kier molecular flexibility index (Phi) is 5.74. The van der Waals surface area contributed by atoms with Crippen LogP contribution in [0.3, 0.4) is 0 Å². The van der Waals surface area contributed by atoms with Crippen LogP contribution in [0.25, 0.3) is 0 Å². The standard InChI is InChI=1S/C19H20F3N3O2S/c1-3-13-4-6-15(7-5-13)24-9-14(8-16(24)26)17(27)25(11-19(20,21)22)18-23-12(2)10-28-18/h4-7,10,14H,3,8-9,11H2,1-2H3. The zero-order valence-electron chi connectivity index (χ0n) is 15.5. The maximum absolute atomic E-state index is 13.0. The molecule has 0 N–H and O–H groups in total. The van der Waals surface area contributed by atoms with Gasteiger partial charge in [-0.25, -0.2) is 4.98 Å². The molecule has 2 heterocycles. The zero-order chi connectivity index (χ0) is 20.5. The van der Waals surface area contributed by atoms with Crippen molar-refractivity contribution in [2.24, 2.45) is 5.92 Å². The second-order valence-corrected chi connectivity index (χ2v) is 7.57. The van der Waals surface area contributed by atoms with Crippen molar-refractivity contribution >= 4 is 34.0 Å². The maximum Gasteiger partial charge on any atom is 0.406 e. The van der Waals surface area contributed by atoms with Gasteiger partial charge in [0.25, 0.3) is 0 Å². The molecule has 1 saturated heterocycles. The highest BCUT2D eigenvalue weighted by Gasteiger charge is 2.42. The van der Waals surface area contributed by atoms with Crippen molar-refractivity contribution in [3.63, 3.8) is 0 Å². The SMILES string of the molecule is CCc1ccc(N2CC(C(=O)N(CC(F)(F)F)c3nc(C)cs3)CC2=O)cc1. The van der Waals surface area contributed by atoms with E-state index in [1.807, 2.05) is 19.1 Å². The molecule has 9 heteroatoms. The van der Waals surface area contributed by atoms with Crippen LogP contribution in [0.5, 0.6) is 0 Å². The lowest BCUT2D eigenvalue weighted by Crippen LogP contribution is -2.43. The van der Waals surface area contributed by atoms with Gasteiger partial charge in [0, 0.05) is 24.0 Å². The van der Waals surface area contributed by atoms with E-state index >= 15 is 0 Å². The van der Waals surface area contributed by atoms with Gasteiger partial charge in [0.15, 0.2) is 5.13 Å². The van der Waals surface area contributed by atoms with Gasteiger partial charge in [-0.3, -0.25) is 14.5 Å². The quantitative estimate of drug-likeness (QED) is 0.748. The Hall–Kier alpha value is -2.42. The fourth-order valence-corrected chi connectivity index (χ4v) is 3.95. The summed E-state index contributed by atoms with van der Waals surface area (Å²) in [6.07, 6.45) is -3.82. The van der Waals surface area contributed by atoms with Gasteiger partial charge in [0.1, 0.15) is 6.54 Å². The molecule has 2 aromatic rings. The number of aromatic nitrogens is 1. The van der Waals surface area contributed by atoms with Crippen molar-refractivity contribution in [3.8, 4) is 0 Å². The summed E-state index contributed by atoms with van der Waals surface area (Å²) < 4.78 is 39.1. The van der Waals surface area contributed by atoms with Crippen molar-refractivity contribution in [1.29, 1.82) is 0 Å². The van der Waals surface area contributed by atoms with Gasteiger partial charge in [-0.05, 0) is 31.0 Å². The number of carbonyl (C=O) groups is 2. The number of anilines is 2. The van der Waals surface area contributed by atoms with E-state index in [0.29, 0.717) is 16.3 Å². The molecule has 0 bridgehead atoms. The molecule has 0 radical (unpaired) electrons. The van der Waals surface area contributed by atoms with Crippen LogP contribution >= 0.6 is 11.3 Å². The molecule has 1 aromatic carbocycles. The van der Waals surface area contributed by atoms with E-state index in [0.717, 1.165) is 23.3 Å². The molecule has 28 heavy (non-hydrogen) atoms. The molecule has 1 unspecified atom stereocenters. The van der Waals surface area contributed by atoms with Gasteiger partial charge < -0.3 is 4.90 Å². The van der Waals surface area contributed by atoms with Crippen LogP contribution in [-0.2, 0) is 16.0 Å². The fourth-order valence-electron chi connectivity index (χ4n) is 3.14. The topological polar surface area (TPSA) is 53.5 Å². The number of carbonyl (C=O) groups excluding carboxylic acids is 2. The van der Waals surface area contributed by atoms with Crippen molar-refractivity contribution in [2.45, 2.75) is 32.9 Å². The third kappa shape index (κ3) is 4.52. The lowest BCUT2D eigenvalue weighted by Gasteiger charge is -2.24. The summed E-state index contributed by atoms with van der Waals surface area (Å²) in [5, 5.41) is 1.59. The van der Waals surface area contributed by atoms with E-state index in [-0.39, 0.29) is 24.0 Å². The lowest BCUT2D eigenvalue weighted by atomic mass is 10.1. The summed E-state index contributed by atoms with van der Waals surface area (Å²) in [5.74, 6) is -1.84. The normalized spacial score (nSPS) is 17.2. The van der Waals surface area contributed by atoms with E-state index in [1.165, 1.54) is 4.90 Å². The van der Waals surface area contributed by atoms with Gasteiger partial charge in [-0.15, -0.1) is 11.3 Å². The third-order valence-electron chi connectivity index (χ3n) is 4.57. The van der Waals surface area contributed by atoms with Crippen LogP contribution in [0.15, 0.2) is 29.6 Å². The summed E-state index contributed by atoms with van der Waals surface area (Å²) in [4.78, 5) is 31.4. The van der Waals surface area contributed by atoms with E-state index in [2.05, 4.69) is 4.98 Å². The summed E-state index contributed by atoms with van der Waals surface area (Å²) in [5.41, 5.74) is 2.29. The van der Waals surface area contributed by atoms with Crippen LogP contribution in [0.4, 0.5) is 24.0 Å². The molecule has 1 aliphatic heterocycles. The molecule has 1 aliphatic rings. The Morgan fingerprint density at radius 2 is 2.00 bits per heavy atom. The van der Waals surface area contributed by atoms with Crippen molar-refractivity contribution < 1.29 is 22.8 Å². The van der Waals surface area contributed by atoms with E-state index in [1.54, 1.807) is 24.4 Å². The average molecular weight is 411 g/mol. The molecule has 0 spiro atoms. The number of amides is 2. The molecule has 0 saturated carbocycles. The molecule has 1 atom stereocenters. The predicted molar refractivity (Wildman–Crippen MR) is 102 cm³/mol. The second kappa shape index (κ2) is 7.90. The summed E-state index contributed by atoms with van der Waals surface area (Å²) in [6.45, 7) is 2.30. The molecule has 5 nitrogen and oxygen atoms in total. The molecule has 150 valence electrons. The number of rotatable bonds is 5. The predicted octanol–water partition coefficient (Wildman–Crippen LogP) is 3.96. The molecule has 1 aromatic heterocycles. The fraction of sp³-hybridized carbons (Fsp3) is 0.421. The number of thiazole rings is 1. The summed E-state index contributed by atoms with van der Waals surface area (Å²) in [7, 11) is 0. The zero-order valence-corrected chi connectivity index (χ0v) is 16.3. The van der Waals surface area contributed by atoms with Crippen LogP contribution < -0.4 is 9.80 Å². The van der Waals surface area contributed by atoms with E-state index < -0.39 is 24.5 Å². The minimum Gasteiger partial charge on any atom is -0.312 e. The average Bonchev–Trinajstić information content (AvgIpc) is 3.24. The van der Waals surface area contributed by atoms with Gasteiger partial charge in [0.05, 0.1) is 11.6 Å². The summed E-state index contributed by atoms with van der Waals surface area (Å²) >= 11 is 0.983. The minimum absolute atomic E-state index is 0.00183. The number of benzene rings is 1. The largest absolute Gasteiger partial charge is 0.406 e. The Bertz CT molecular complexity index is 864. The van der Waals surface area contributed by atoms with Crippen molar-refractivity contribution in [3.05, 3.63) is 40.9 Å². The molecular weight excluding hydrogens is 391 g/mol. The van der Waals surface area contributed by atoms with Crippen molar-refractivity contribution in [2.75, 3.05) is 22.9 Å². The Morgan fingerprint density at radius 3 is 2.54 bits per heavy atom. The second-order valence-electron chi connectivity index (χ2n) is 6.74. The molecular formula is C19H20F3N3O2S. The highest BCUT2D eigenvalue weighted by Crippen LogP contribution is 2.31. The highest BCUT2D eigenvalue weighted by molar-refractivity contribution is 7.14. The third-order valence-corrected chi connectivity index (χ3v) is 5.55. The first-order valence-electron chi connectivity index (χ1n) is 8.87. The number of alkyl halides is 3. The van der Waals surface area contributed by atoms with Gasteiger partial charge in [0.2, 0.25) is 11.8 Å². The first-order valence-corrected chi connectivity index (χ1v) is 9.75. The Balaban J connectivity index is 1.80. The monoisotopic (exact) mass is 411 g/mol. The number of hydrogen-bond donors (Lipinski definition) is 0. The van der Waals surface area contributed by atoms with Gasteiger partial charge in [-0.2, -0.15) is 13.2 Å². The number of nitrogens with zero attached hydrogens (tertiary/aromatic N) is 3. The van der Waals surface area contributed by atoms with E-state index in [4.69, 9.17) is 0 Å². The molecule has 3 rings (SSSR count). The first-order chi connectivity index (χ1) is 13.2. The minimum atomic E-state index is -4.56. The number of hydrogen-bond acceptors (Lipinski definition) is 4. The Morgan fingerprint density at radius 1 is 1.32 bits per heavy atom. The lowest BCUT2D eigenvalue weighted by molar-refractivity contribution is -0.134. The van der Waals surface area contributed by atoms with Crippen molar-refractivity contribution in [1.82, 2.24) is 4.98 Å². The van der Waals surface area contributed by atoms with Gasteiger partial charge >= 0.3 is 6.18 Å². The van der Waals surface area contributed by atoms with Crippen LogP contribution in [0.2, 0.25) is 0 Å². The Labute approximate surface area is 164 Å². The molecule has 2 amide bonds. The van der Waals surface area contributed by atoms with E-state index in [9.17, 15) is 22.8 Å². The van der Waals surface area contributed by atoms with Crippen LogP contribution in [-0.4, -0.2) is 36.1 Å². The molecule has 1 fully saturated rings. The number of halogens is 3. The van der Waals surface area contributed by atoms with Crippen LogP contribution in [0, 0.1) is 12.8 Å². The van der Waals surface area contributed by atoms with Gasteiger partial charge in [-0.1, -0.05) is 19.1 Å². The molecule has 0 aliphatic carbocycles. The number of aryl methyl sites for hydroxylation is 2. The maximum atomic E-state index is 13.0. The summed E-state index contributed by atoms with van der Waals surface area (Å²) in [6, 6.07) is 7.38. The highest BCUT2D eigenvalue weighted by atomic mass is 32.1.